The van der Waals surface area contributed by atoms with Crippen LogP contribution in [0.5, 0.6) is 0 Å². The molecule has 2 aromatic rings. The lowest BCUT2D eigenvalue weighted by molar-refractivity contribution is 0.586. The van der Waals surface area contributed by atoms with E-state index in [1.165, 1.54) is 24.3 Å². The number of nitrogens with zero attached hydrogens (tertiary/aromatic N) is 1. The Kier molecular flexibility index (Phi) is 4.45. The number of hydrogen-bond donors (Lipinski definition) is 0. The van der Waals surface area contributed by atoms with E-state index in [1.54, 1.807) is 31.2 Å². The van der Waals surface area contributed by atoms with Crippen LogP contribution < -0.4 is 4.31 Å². The largest absolute Gasteiger partial charge is 0.265 e. The molecule has 0 unspecified atom stereocenters. The fourth-order valence-corrected chi connectivity index (χ4v) is 4.34. The number of para-hydroxylation sites is 1. The summed E-state index contributed by atoms with van der Waals surface area (Å²) in [5.41, 5.74) is 0.0470. The van der Waals surface area contributed by atoms with Gasteiger partial charge in [-0.15, -0.1) is 0 Å². The van der Waals surface area contributed by atoms with Gasteiger partial charge in [0.2, 0.25) is 0 Å². The van der Waals surface area contributed by atoms with Crippen molar-refractivity contribution in [2.24, 2.45) is 0 Å². The highest BCUT2D eigenvalue weighted by Gasteiger charge is 2.27. The predicted molar refractivity (Wildman–Crippen MR) is 80.7 cm³/mol. The van der Waals surface area contributed by atoms with Crippen LogP contribution in [0.1, 0.15) is 6.92 Å². The van der Waals surface area contributed by atoms with Crippen LogP contribution in [0, 0.1) is 5.82 Å². The van der Waals surface area contributed by atoms with Gasteiger partial charge in [-0.2, -0.15) is 0 Å². The summed E-state index contributed by atoms with van der Waals surface area (Å²) in [5, 5.41) is 0. The lowest BCUT2D eigenvalue weighted by Crippen LogP contribution is -2.31. The van der Waals surface area contributed by atoms with Gasteiger partial charge in [0.15, 0.2) is 0 Å². The molecule has 0 saturated carbocycles. The summed E-state index contributed by atoms with van der Waals surface area (Å²) in [6.45, 7) is 1.81. The van der Waals surface area contributed by atoms with E-state index in [1.807, 2.05) is 0 Å². The molecule has 0 fully saturated rings. The maximum Gasteiger partial charge on any atom is 0.265 e. The minimum absolute atomic E-state index is 0.0470. The Morgan fingerprint density at radius 2 is 1.70 bits per heavy atom. The molecule has 0 heterocycles. The van der Waals surface area contributed by atoms with Crippen molar-refractivity contribution >= 4 is 31.6 Å². The van der Waals surface area contributed by atoms with Crippen LogP contribution in [0.4, 0.5) is 10.1 Å². The van der Waals surface area contributed by atoms with Gasteiger partial charge in [0.1, 0.15) is 10.7 Å². The molecule has 0 aliphatic rings. The third kappa shape index (κ3) is 2.71. The monoisotopic (exact) mass is 357 g/mol. The van der Waals surface area contributed by atoms with E-state index in [9.17, 15) is 12.8 Å². The zero-order chi connectivity index (χ0) is 14.8. The van der Waals surface area contributed by atoms with E-state index in [0.29, 0.717) is 4.47 Å². The minimum Gasteiger partial charge on any atom is -0.264 e. The van der Waals surface area contributed by atoms with E-state index in [0.717, 1.165) is 4.31 Å². The van der Waals surface area contributed by atoms with Crippen molar-refractivity contribution in [3.8, 4) is 0 Å². The Bertz CT molecular complexity index is 719. The molecular weight excluding hydrogens is 345 g/mol. The highest BCUT2D eigenvalue weighted by Crippen LogP contribution is 2.29. The molecular formula is C14H13BrFNO2S. The van der Waals surface area contributed by atoms with Gasteiger partial charge < -0.3 is 0 Å². The van der Waals surface area contributed by atoms with Crippen molar-refractivity contribution in [3.63, 3.8) is 0 Å². The van der Waals surface area contributed by atoms with E-state index in [2.05, 4.69) is 15.9 Å². The van der Waals surface area contributed by atoms with Crippen molar-refractivity contribution in [1.29, 1.82) is 0 Å². The number of halogens is 2. The van der Waals surface area contributed by atoms with Crippen LogP contribution in [-0.4, -0.2) is 15.0 Å². The Hall–Kier alpha value is -1.40. The zero-order valence-corrected chi connectivity index (χ0v) is 13.2. The summed E-state index contributed by atoms with van der Waals surface area (Å²) in [6.07, 6.45) is 0. The molecule has 2 aromatic carbocycles. The lowest BCUT2D eigenvalue weighted by Gasteiger charge is -2.23. The summed E-state index contributed by atoms with van der Waals surface area (Å²) in [5.74, 6) is -0.565. The molecule has 0 N–H and O–H groups in total. The molecule has 0 radical (unpaired) electrons. The molecule has 6 heteroatoms. The summed E-state index contributed by atoms with van der Waals surface area (Å²) >= 11 is 3.22. The summed E-state index contributed by atoms with van der Waals surface area (Å²) < 4.78 is 40.7. The quantitative estimate of drug-likeness (QED) is 0.834. The summed E-state index contributed by atoms with van der Waals surface area (Å²) in [4.78, 5) is 0.116. The first-order valence-electron chi connectivity index (χ1n) is 6.00. The van der Waals surface area contributed by atoms with Gasteiger partial charge >= 0.3 is 0 Å². The van der Waals surface area contributed by atoms with Crippen LogP contribution in [0.3, 0.4) is 0 Å². The maximum absolute atomic E-state index is 13.9. The van der Waals surface area contributed by atoms with Gasteiger partial charge in [0.05, 0.1) is 5.69 Å². The molecule has 2 rings (SSSR count). The molecule has 0 bridgehead atoms. The van der Waals surface area contributed by atoms with Crippen LogP contribution in [-0.2, 0) is 10.0 Å². The first kappa shape index (κ1) is 15.0. The molecule has 0 aliphatic heterocycles. The first-order chi connectivity index (χ1) is 9.48. The second-order valence-electron chi connectivity index (χ2n) is 4.05. The molecule has 20 heavy (non-hydrogen) atoms. The van der Waals surface area contributed by atoms with E-state index < -0.39 is 15.8 Å². The van der Waals surface area contributed by atoms with E-state index in [4.69, 9.17) is 0 Å². The fourth-order valence-electron chi connectivity index (χ4n) is 1.90. The maximum atomic E-state index is 13.9. The molecule has 0 saturated heterocycles. The average Bonchev–Trinajstić information content (AvgIpc) is 2.42. The van der Waals surface area contributed by atoms with Gasteiger partial charge in [-0.05, 0) is 47.1 Å². The molecule has 0 aromatic heterocycles. The van der Waals surface area contributed by atoms with Crippen LogP contribution >= 0.6 is 15.9 Å². The Morgan fingerprint density at radius 1 is 1.10 bits per heavy atom. The van der Waals surface area contributed by atoms with Crippen molar-refractivity contribution in [1.82, 2.24) is 0 Å². The topological polar surface area (TPSA) is 37.4 Å². The van der Waals surface area contributed by atoms with Gasteiger partial charge in [0.25, 0.3) is 10.0 Å². The van der Waals surface area contributed by atoms with Crippen molar-refractivity contribution < 1.29 is 12.8 Å². The minimum atomic E-state index is -3.81. The predicted octanol–water partition coefficient (Wildman–Crippen LogP) is 3.80. The highest BCUT2D eigenvalue weighted by atomic mass is 79.9. The van der Waals surface area contributed by atoms with Crippen molar-refractivity contribution in [2.45, 2.75) is 11.8 Å². The highest BCUT2D eigenvalue weighted by molar-refractivity contribution is 9.10. The third-order valence-corrected chi connectivity index (χ3v) is 5.71. The Labute approximate surface area is 126 Å². The van der Waals surface area contributed by atoms with Crippen molar-refractivity contribution in [2.75, 3.05) is 10.8 Å². The van der Waals surface area contributed by atoms with Gasteiger partial charge in [-0.3, -0.25) is 4.31 Å². The molecule has 0 amide bonds. The number of sulfonamides is 1. The molecule has 0 aliphatic carbocycles. The second kappa shape index (κ2) is 5.93. The zero-order valence-electron chi connectivity index (χ0n) is 10.8. The average molecular weight is 358 g/mol. The second-order valence-corrected chi connectivity index (χ2v) is 6.74. The van der Waals surface area contributed by atoms with Gasteiger partial charge in [-0.1, -0.05) is 24.3 Å². The number of hydrogen-bond acceptors (Lipinski definition) is 2. The molecule has 0 atom stereocenters. The summed E-state index contributed by atoms with van der Waals surface area (Å²) in [6, 6.07) is 12.3. The Balaban J connectivity index is 2.58. The van der Waals surface area contributed by atoms with E-state index >= 15 is 0 Å². The SMILES string of the molecule is CCN(c1ccccc1F)S(=O)(=O)c1ccccc1Br. The molecule has 3 nitrogen and oxygen atoms in total. The van der Waals surface area contributed by atoms with Crippen LogP contribution in [0.15, 0.2) is 57.9 Å². The lowest BCUT2D eigenvalue weighted by atomic mass is 10.3. The van der Waals surface area contributed by atoms with Crippen LogP contribution in [0.25, 0.3) is 0 Å². The van der Waals surface area contributed by atoms with Crippen LogP contribution in [0.2, 0.25) is 0 Å². The number of benzene rings is 2. The third-order valence-electron chi connectivity index (χ3n) is 2.81. The smallest absolute Gasteiger partial charge is 0.264 e. The molecule has 0 spiro atoms. The van der Waals surface area contributed by atoms with E-state index in [-0.39, 0.29) is 17.1 Å². The molecule has 106 valence electrons. The first-order valence-corrected chi connectivity index (χ1v) is 8.23. The normalized spacial score (nSPS) is 11.3. The Morgan fingerprint density at radius 3 is 2.30 bits per heavy atom. The number of rotatable bonds is 4. The van der Waals surface area contributed by atoms with Gasteiger partial charge in [-0.25, -0.2) is 12.8 Å². The van der Waals surface area contributed by atoms with Crippen molar-refractivity contribution in [3.05, 3.63) is 58.8 Å². The standard InChI is InChI=1S/C14H13BrFNO2S/c1-2-17(13-9-5-4-8-12(13)16)20(18,19)14-10-6-3-7-11(14)15/h3-10H,2H2,1H3. The van der Waals surface area contributed by atoms with Gasteiger partial charge in [0, 0.05) is 11.0 Å². The fraction of sp³-hybridized carbons (Fsp3) is 0.143. The summed E-state index contributed by atoms with van der Waals surface area (Å²) in [7, 11) is -3.81. The number of anilines is 1.